The van der Waals surface area contributed by atoms with Crippen molar-refractivity contribution in [2.75, 3.05) is 5.32 Å². The van der Waals surface area contributed by atoms with Crippen molar-refractivity contribution in [1.82, 2.24) is 15.4 Å². The molecule has 0 bridgehead atoms. The van der Waals surface area contributed by atoms with Gasteiger partial charge in [-0.05, 0) is 20.8 Å². The van der Waals surface area contributed by atoms with Crippen LogP contribution in [0.1, 0.15) is 25.3 Å². The van der Waals surface area contributed by atoms with E-state index in [0.29, 0.717) is 6.04 Å². The number of rotatable bonds is 5. The van der Waals surface area contributed by atoms with E-state index in [1.54, 1.807) is 23.1 Å². The highest BCUT2D eigenvalue weighted by atomic mass is 32.2. The Labute approximate surface area is 108 Å². The number of hydrogen-bond donors (Lipinski definition) is 1. The van der Waals surface area contributed by atoms with Crippen LogP contribution in [0.4, 0.5) is 5.13 Å². The van der Waals surface area contributed by atoms with Crippen LogP contribution < -0.4 is 5.32 Å². The SMILES string of the molecule is Cc1cc(CSc2nnc(NC(C)C)s2)on1. The zero-order valence-electron chi connectivity index (χ0n) is 9.93. The molecule has 1 N–H and O–H groups in total. The van der Waals surface area contributed by atoms with E-state index in [4.69, 9.17) is 4.52 Å². The van der Waals surface area contributed by atoms with E-state index in [-0.39, 0.29) is 0 Å². The van der Waals surface area contributed by atoms with Crippen molar-refractivity contribution in [2.45, 2.75) is 36.9 Å². The van der Waals surface area contributed by atoms with Crippen molar-refractivity contribution in [1.29, 1.82) is 0 Å². The number of hydrogen-bond acceptors (Lipinski definition) is 7. The molecule has 0 radical (unpaired) electrons. The molecule has 2 rings (SSSR count). The summed E-state index contributed by atoms with van der Waals surface area (Å²) in [5.74, 6) is 1.60. The predicted octanol–water partition coefficient (Wildman–Crippen LogP) is 2.95. The first-order valence-electron chi connectivity index (χ1n) is 5.28. The minimum Gasteiger partial charge on any atom is -0.360 e. The molecule has 0 saturated carbocycles. The van der Waals surface area contributed by atoms with Crippen molar-refractivity contribution in [3.63, 3.8) is 0 Å². The average Bonchev–Trinajstić information content (AvgIpc) is 2.84. The van der Waals surface area contributed by atoms with Crippen molar-refractivity contribution >= 4 is 28.2 Å². The fourth-order valence-corrected chi connectivity index (χ4v) is 2.96. The largest absolute Gasteiger partial charge is 0.360 e. The maximum atomic E-state index is 5.13. The third-order valence-electron chi connectivity index (χ3n) is 1.83. The Kier molecular flexibility index (Phi) is 4.01. The van der Waals surface area contributed by atoms with Crippen LogP contribution >= 0.6 is 23.1 Å². The van der Waals surface area contributed by atoms with Crippen molar-refractivity contribution < 1.29 is 4.52 Å². The number of nitrogens with one attached hydrogen (secondary N) is 1. The highest BCUT2D eigenvalue weighted by Gasteiger charge is 2.07. The lowest BCUT2D eigenvalue weighted by Crippen LogP contribution is -2.08. The molecule has 7 heteroatoms. The zero-order valence-corrected chi connectivity index (χ0v) is 11.6. The molecule has 0 amide bonds. The number of aryl methyl sites for hydroxylation is 1. The Balaban J connectivity index is 1.89. The van der Waals surface area contributed by atoms with Crippen molar-refractivity contribution in [3.05, 3.63) is 17.5 Å². The molecule has 0 fully saturated rings. The Bertz CT molecular complexity index is 480. The molecule has 2 heterocycles. The summed E-state index contributed by atoms with van der Waals surface area (Å²) in [7, 11) is 0. The summed E-state index contributed by atoms with van der Waals surface area (Å²) in [4.78, 5) is 0. The lowest BCUT2D eigenvalue weighted by Gasteiger charge is -2.02. The molecule has 17 heavy (non-hydrogen) atoms. The zero-order chi connectivity index (χ0) is 12.3. The average molecular weight is 270 g/mol. The van der Waals surface area contributed by atoms with E-state index < -0.39 is 0 Å². The van der Waals surface area contributed by atoms with Crippen LogP contribution in [-0.2, 0) is 5.75 Å². The highest BCUT2D eigenvalue weighted by molar-refractivity contribution is 8.00. The normalized spacial score (nSPS) is 11.1. The molecule has 2 aromatic heterocycles. The molecule has 0 saturated heterocycles. The molecule has 0 aliphatic rings. The smallest absolute Gasteiger partial charge is 0.206 e. The Hall–Kier alpha value is -1.08. The number of thioether (sulfide) groups is 1. The standard InChI is InChI=1S/C10H14N4OS2/c1-6(2)11-9-12-13-10(17-9)16-5-8-4-7(3)14-15-8/h4,6H,5H2,1-3H3,(H,11,12). The first kappa shape index (κ1) is 12.4. The van der Waals surface area contributed by atoms with E-state index in [0.717, 1.165) is 26.7 Å². The number of aromatic nitrogens is 3. The van der Waals surface area contributed by atoms with Gasteiger partial charge in [-0.25, -0.2) is 0 Å². The molecule has 0 spiro atoms. The van der Waals surface area contributed by atoms with Gasteiger partial charge < -0.3 is 9.84 Å². The molecule has 0 atom stereocenters. The van der Waals surface area contributed by atoms with Gasteiger partial charge in [0.05, 0.1) is 11.4 Å². The minimum atomic E-state index is 0.373. The monoisotopic (exact) mass is 270 g/mol. The fourth-order valence-electron chi connectivity index (χ4n) is 1.19. The van der Waals surface area contributed by atoms with Crippen molar-refractivity contribution in [2.24, 2.45) is 0 Å². The summed E-state index contributed by atoms with van der Waals surface area (Å²) >= 11 is 3.16. The van der Waals surface area contributed by atoms with E-state index >= 15 is 0 Å². The number of anilines is 1. The van der Waals surface area contributed by atoms with Gasteiger partial charge in [-0.2, -0.15) is 0 Å². The van der Waals surface area contributed by atoms with E-state index in [9.17, 15) is 0 Å². The van der Waals surface area contributed by atoms with Crippen LogP contribution in [0, 0.1) is 6.92 Å². The second-order valence-corrected chi connectivity index (χ2v) is 6.10. The summed E-state index contributed by atoms with van der Waals surface area (Å²) in [6.45, 7) is 6.06. The molecule has 2 aromatic rings. The summed E-state index contributed by atoms with van der Waals surface area (Å²) in [5, 5.41) is 16.1. The topological polar surface area (TPSA) is 63.8 Å². The molecule has 0 unspecified atom stereocenters. The first-order chi connectivity index (χ1) is 8.13. The van der Waals surface area contributed by atoms with Gasteiger partial charge >= 0.3 is 0 Å². The highest BCUT2D eigenvalue weighted by Crippen LogP contribution is 2.28. The van der Waals surface area contributed by atoms with Gasteiger partial charge in [0.2, 0.25) is 5.13 Å². The second-order valence-electron chi connectivity index (χ2n) is 3.90. The first-order valence-corrected chi connectivity index (χ1v) is 7.08. The Morgan fingerprint density at radius 1 is 1.47 bits per heavy atom. The van der Waals surface area contributed by atoms with Gasteiger partial charge in [0.1, 0.15) is 5.76 Å². The van der Waals surface area contributed by atoms with Gasteiger partial charge in [-0.3, -0.25) is 0 Å². The number of nitrogens with zero attached hydrogens (tertiary/aromatic N) is 3. The molecule has 0 aliphatic heterocycles. The van der Waals surface area contributed by atoms with E-state index in [2.05, 4.69) is 34.5 Å². The van der Waals surface area contributed by atoms with Gasteiger partial charge in [0.15, 0.2) is 4.34 Å². The molecule has 5 nitrogen and oxygen atoms in total. The minimum absolute atomic E-state index is 0.373. The van der Waals surface area contributed by atoms with Crippen LogP contribution in [0.15, 0.2) is 14.9 Å². The summed E-state index contributed by atoms with van der Waals surface area (Å²) in [6, 6.07) is 2.30. The Morgan fingerprint density at radius 2 is 2.29 bits per heavy atom. The lowest BCUT2D eigenvalue weighted by atomic mass is 10.4. The summed E-state index contributed by atoms with van der Waals surface area (Å²) < 4.78 is 6.06. The summed E-state index contributed by atoms with van der Waals surface area (Å²) in [5.41, 5.74) is 0.903. The molecular formula is C10H14N4OS2. The quantitative estimate of drug-likeness (QED) is 0.843. The third kappa shape index (κ3) is 3.71. The van der Waals surface area contributed by atoms with Gasteiger partial charge in [-0.1, -0.05) is 28.3 Å². The second kappa shape index (κ2) is 5.50. The van der Waals surface area contributed by atoms with E-state index in [1.807, 2.05) is 13.0 Å². The summed E-state index contributed by atoms with van der Waals surface area (Å²) in [6.07, 6.45) is 0. The van der Waals surface area contributed by atoms with Crippen LogP contribution in [0.5, 0.6) is 0 Å². The third-order valence-corrected chi connectivity index (χ3v) is 3.84. The van der Waals surface area contributed by atoms with E-state index in [1.165, 1.54) is 0 Å². The van der Waals surface area contributed by atoms with Crippen molar-refractivity contribution in [3.8, 4) is 0 Å². The maximum absolute atomic E-state index is 5.13. The lowest BCUT2D eigenvalue weighted by molar-refractivity contribution is 0.391. The van der Waals surface area contributed by atoms with Crippen LogP contribution in [-0.4, -0.2) is 21.4 Å². The van der Waals surface area contributed by atoms with Gasteiger partial charge in [-0.15, -0.1) is 10.2 Å². The molecule has 0 aliphatic carbocycles. The van der Waals surface area contributed by atoms with Gasteiger partial charge in [0, 0.05) is 12.1 Å². The van der Waals surface area contributed by atoms with Crippen LogP contribution in [0.25, 0.3) is 0 Å². The predicted molar refractivity (Wildman–Crippen MR) is 69.5 cm³/mol. The van der Waals surface area contributed by atoms with Crippen LogP contribution in [0.3, 0.4) is 0 Å². The fraction of sp³-hybridized carbons (Fsp3) is 0.500. The molecule has 0 aromatic carbocycles. The van der Waals surface area contributed by atoms with Crippen LogP contribution in [0.2, 0.25) is 0 Å². The van der Waals surface area contributed by atoms with Gasteiger partial charge in [0.25, 0.3) is 0 Å². The Morgan fingerprint density at radius 3 is 2.94 bits per heavy atom. The maximum Gasteiger partial charge on any atom is 0.206 e. The molecular weight excluding hydrogens is 256 g/mol. The molecule has 92 valence electrons.